The number of hydrogen-bond acceptors (Lipinski definition) is 4. The molecule has 0 aliphatic rings. The minimum Gasteiger partial charge on any atom is -0.481 e. The largest absolute Gasteiger partial charge is 0.481 e. The summed E-state index contributed by atoms with van der Waals surface area (Å²) in [6.45, 7) is 7.58. The van der Waals surface area contributed by atoms with Crippen LogP contribution in [0.2, 0.25) is 0 Å². The van der Waals surface area contributed by atoms with Crippen LogP contribution >= 0.6 is 0 Å². The SMILES string of the molecule is CC(=O)O.CC(C)=O.CC(C)O.CO.O. The van der Waals surface area contributed by atoms with Gasteiger partial charge in [-0.15, -0.1) is 0 Å². The number of aliphatic carboxylic acids is 1. The zero-order valence-electron chi connectivity index (χ0n) is 10.2. The first-order valence-electron chi connectivity index (χ1n) is 3.99. The number of rotatable bonds is 0. The van der Waals surface area contributed by atoms with Crippen LogP contribution < -0.4 is 0 Å². The smallest absolute Gasteiger partial charge is 0.300 e. The molecule has 0 bridgehead atoms. The molecule has 6 nitrogen and oxygen atoms in total. The van der Waals surface area contributed by atoms with Crippen molar-refractivity contribution in [2.24, 2.45) is 0 Å². The van der Waals surface area contributed by atoms with E-state index in [4.69, 9.17) is 20.1 Å². The molecular weight excluding hydrogens is 204 g/mol. The van der Waals surface area contributed by atoms with Crippen LogP contribution in [0.3, 0.4) is 0 Å². The highest BCUT2D eigenvalue weighted by Crippen LogP contribution is 1.65. The Morgan fingerprint density at radius 1 is 1.00 bits per heavy atom. The molecule has 0 spiro atoms. The first kappa shape index (κ1) is 29.2. The van der Waals surface area contributed by atoms with Crippen molar-refractivity contribution in [1.82, 2.24) is 0 Å². The molecule has 0 saturated heterocycles. The van der Waals surface area contributed by atoms with Crippen LogP contribution in [0, 0.1) is 0 Å². The quantitative estimate of drug-likeness (QED) is 0.531. The molecule has 5 N–H and O–H groups in total. The van der Waals surface area contributed by atoms with Crippen LogP contribution in [0.15, 0.2) is 0 Å². The van der Waals surface area contributed by atoms with Gasteiger partial charge in [0.2, 0.25) is 0 Å². The van der Waals surface area contributed by atoms with E-state index in [1.165, 1.54) is 13.8 Å². The number of hydrogen-bond donors (Lipinski definition) is 3. The number of carbonyl (C=O) groups is 2. The van der Waals surface area contributed by atoms with Crippen LogP contribution in [0.4, 0.5) is 0 Å². The van der Waals surface area contributed by atoms with E-state index in [1.807, 2.05) is 0 Å². The summed E-state index contributed by atoms with van der Waals surface area (Å²) in [6, 6.07) is 0. The van der Waals surface area contributed by atoms with Crippen molar-refractivity contribution in [1.29, 1.82) is 0 Å². The third kappa shape index (κ3) is 1650. The second-order valence-corrected chi connectivity index (χ2v) is 2.52. The predicted molar refractivity (Wildman–Crippen MR) is 58.8 cm³/mol. The highest BCUT2D eigenvalue weighted by Gasteiger charge is 1.69. The second-order valence-electron chi connectivity index (χ2n) is 2.52. The molecule has 0 atom stereocenters. The number of aliphatic hydroxyl groups excluding tert-OH is 2. The van der Waals surface area contributed by atoms with E-state index in [-0.39, 0.29) is 17.4 Å². The average molecular weight is 228 g/mol. The number of aliphatic hydroxyl groups is 2. The van der Waals surface area contributed by atoms with Gasteiger partial charge in [0.25, 0.3) is 5.97 Å². The summed E-state index contributed by atoms with van der Waals surface area (Å²) in [5.74, 6) is -0.667. The van der Waals surface area contributed by atoms with E-state index >= 15 is 0 Å². The summed E-state index contributed by atoms with van der Waals surface area (Å²) in [4.78, 5) is 18.4. The molecule has 0 radical (unpaired) electrons. The Morgan fingerprint density at radius 3 is 1.00 bits per heavy atom. The average Bonchev–Trinajstić information content (AvgIpc) is 1.86. The van der Waals surface area contributed by atoms with Gasteiger partial charge >= 0.3 is 0 Å². The normalized spacial score (nSPS) is 6.20. The third-order valence-corrected chi connectivity index (χ3v) is 0. The van der Waals surface area contributed by atoms with Gasteiger partial charge < -0.3 is 25.6 Å². The summed E-state index contributed by atoms with van der Waals surface area (Å²) in [7, 11) is 1.00. The molecule has 0 rings (SSSR count). The van der Waals surface area contributed by atoms with Gasteiger partial charge in [-0.25, -0.2) is 0 Å². The number of carboxylic acid groups (broad SMARTS) is 1. The Kier molecular flexibility index (Phi) is 57.0. The molecule has 0 saturated carbocycles. The molecule has 0 unspecified atom stereocenters. The number of carbonyl (C=O) groups excluding carboxylic acids is 1. The monoisotopic (exact) mass is 228 g/mol. The predicted octanol–water partition coefficient (Wildman–Crippen LogP) is -0.143. The van der Waals surface area contributed by atoms with E-state index in [0.717, 1.165) is 14.0 Å². The number of ketones is 1. The minimum absolute atomic E-state index is 0. The zero-order valence-corrected chi connectivity index (χ0v) is 10.2. The lowest BCUT2D eigenvalue weighted by molar-refractivity contribution is -0.134. The molecule has 0 aromatic rings. The van der Waals surface area contributed by atoms with Crippen molar-refractivity contribution in [3.8, 4) is 0 Å². The highest BCUT2D eigenvalue weighted by atomic mass is 16.4. The Morgan fingerprint density at radius 2 is 1.00 bits per heavy atom. The standard InChI is InChI=1S/C3H8O.C3H6O.C2H4O2.CH4O.H2O/c2*1-3(2)4;1-2(3)4;1-2;/h3-4H,1-2H3;1-2H3;1H3,(H,3,4);2H,1H3;1H2. The molecule has 6 heteroatoms. The maximum atomic E-state index is 9.44. The van der Waals surface area contributed by atoms with E-state index < -0.39 is 5.97 Å². The maximum Gasteiger partial charge on any atom is 0.300 e. The summed E-state index contributed by atoms with van der Waals surface area (Å²) in [5.41, 5.74) is 0. The fourth-order valence-electron chi connectivity index (χ4n) is 0. The molecule has 0 aliphatic heterocycles. The zero-order chi connectivity index (χ0) is 12.7. The van der Waals surface area contributed by atoms with Crippen molar-refractivity contribution < 1.29 is 30.4 Å². The van der Waals surface area contributed by atoms with Gasteiger partial charge in [-0.1, -0.05) is 0 Å². The Hall–Kier alpha value is -0.980. The lowest BCUT2D eigenvalue weighted by atomic mass is 10.5. The van der Waals surface area contributed by atoms with Gasteiger partial charge in [0.1, 0.15) is 5.78 Å². The Balaban J connectivity index is -0.0000000298. The van der Waals surface area contributed by atoms with Crippen molar-refractivity contribution in [2.75, 3.05) is 7.11 Å². The number of carboxylic acids is 1. The van der Waals surface area contributed by atoms with Crippen LogP contribution in [0.1, 0.15) is 34.6 Å². The minimum atomic E-state index is -0.833. The van der Waals surface area contributed by atoms with Gasteiger partial charge in [-0.05, 0) is 27.7 Å². The summed E-state index contributed by atoms with van der Waals surface area (Å²) in [5, 5.41) is 22.5. The lowest BCUT2D eigenvalue weighted by Crippen LogP contribution is -1.85. The second kappa shape index (κ2) is 29.2. The fourth-order valence-corrected chi connectivity index (χ4v) is 0. The van der Waals surface area contributed by atoms with Crippen LogP contribution in [-0.2, 0) is 9.59 Å². The molecule has 0 aromatic heterocycles. The Labute approximate surface area is 90.9 Å². The third-order valence-electron chi connectivity index (χ3n) is 0. The van der Waals surface area contributed by atoms with Gasteiger partial charge in [0, 0.05) is 20.1 Å². The van der Waals surface area contributed by atoms with Crippen molar-refractivity contribution in [2.45, 2.75) is 40.7 Å². The maximum absolute atomic E-state index is 9.44. The molecule has 0 fully saturated rings. The van der Waals surface area contributed by atoms with Crippen molar-refractivity contribution in [3.63, 3.8) is 0 Å². The summed E-state index contributed by atoms with van der Waals surface area (Å²) < 4.78 is 0. The molecule has 15 heavy (non-hydrogen) atoms. The van der Waals surface area contributed by atoms with Gasteiger partial charge in [0.15, 0.2) is 0 Å². The fraction of sp³-hybridized carbons (Fsp3) is 0.778. The molecular formula is C9H24O6. The van der Waals surface area contributed by atoms with Crippen LogP contribution in [-0.4, -0.2) is 45.8 Å². The number of Topliss-reactive ketones (excluding diaryl/α,β-unsaturated/α-hetero) is 1. The van der Waals surface area contributed by atoms with Crippen molar-refractivity contribution in [3.05, 3.63) is 0 Å². The van der Waals surface area contributed by atoms with Gasteiger partial charge in [-0.3, -0.25) is 4.79 Å². The summed E-state index contributed by atoms with van der Waals surface area (Å²) in [6.07, 6.45) is -0.167. The highest BCUT2D eigenvalue weighted by molar-refractivity contribution is 5.72. The van der Waals surface area contributed by atoms with E-state index in [1.54, 1.807) is 13.8 Å². The lowest BCUT2D eigenvalue weighted by Gasteiger charge is -1.80. The first-order chi connectivity index (χ1) is 6.20. The molecule has 0 amide bonds. The first-order valence-corrected chi connectivity index (χ1v) is 3.99. The van der Waals surface area contributed by atoms with Gasteiger partial charge in [0.05, 0.1) is 0 Å². The Bertz CT molecular complexity index is 99.0. The topological polar surface area (TPSA) is 126 Å². The molecule has 0 aromatic carbocycles. The van der Waals surface area contributed by atoms with Crippen LogP contribution in [0.25, 0.3) is 0 Å². The van der Waals surface area contributed by atoms with Crippen LogP contribution in [0.5, 0.6) is 0 Å². The molecule has 0 aliphatic carbocycles. The van der Waals surface area contributed by atoms with E-state index in [0.29, 0.717) is 0 Å². The van der Waals surface area contributed by atoms with E-state index in [9.17, 15) is 4.79 Å². The van der Waals surface area contributed by atoms with Crippen molar-refractivity contribution >= 4 is 11.8 Å². The summed E-state index contributed by atoms with van der Waals surface area (Å²) >= 11 is 0. The van der Waals surface area contributed by atoms with E-state index in [2.05, 4.69) is 0 Å². The van der Waals surface area contributed by atoms with Gasteiger partial charge in [-0.2, -0.15) is 0 Å². The molecule has 96 valence electrons. The molecule has 0 heterocycles.